The first-order valence-corrected chi connectivity index (χ1v) is 5.31. The molecule has 1 atom stereocenters. The van der Waals surface area contributed by atoms with Crippen molar-refractivity contribution in [1.82, 2.24) is 0 Å². The van der Waals surface area contributed by atoms with Gasteiger partial charge in [0.05, 0.1) is 13.2 Å². The lowest BCUT2D eigenvalue weighted by atomic mass is 9.71. The van der Waals surface area contributed by atoms with E-state index in [2.05, 4.69) is 0 Å². The van der Waals surface area contributed by atoms with Gasteiger partial charge in [0.25, 0.3) is 0 Å². The summed E-state index contributed by atoms with van der Waals surface area (Å²) >= 11 is 0. The van der Waals surface area contributed by atoms with Gasteiger partial charge in [-0.05, 0) is 18.8 Å². The van der Waals surface area contributed by atoms with Gasteiger partial charge in [-0.15, -0.1) is 0 Å². The number of ether oxygens (including phenoxy) is 2. The smallest absolute Gasteiger partial charge is 0.315 e. The van der Waals surface area contributed by atoms with Crippen molar-refractivity contribution < 1.29 is 19.4 Å². The molecule has 0 spiro atoms. The molecule has 2 heterocycles. The van der Waals surface area contributed by atoms with Crippen LogP contribution in [-0.4, -0.2) is 43.5 Å². The van der Waals surface area contributed by atoms with E-state index in [1.807, 2.05) is 0 Å². The summed E-state index contributed by atoms with van der Waals surface area (Å²) < 4.78 is 10.3. The summed E-state index contributed by atoms with van der Waals surface area (Å²) in [6.07, 6.45) is 1.71. The van der Waals surface area contributed by atoms with Crippen molar-refractivity contribution in [2.75, 3.05) is 26.4 Å². The van der Waals surface area contributed by atoms with Gasteiger partial charge in [0, 0.05) is 19.3 Å². The number of hydrogen-bond acceptors (Lipinski definition) is 4. The Balaban J connectivity index is 2.04. The van der Waals surface area contributed by atoms with Crippen LogP contribution in [0.2, 0.25) is 0 Å². The van der Waals surface area contributed by atoms with Crippen LogP contribution in [-0.2, 0) is 14.3 Å². The fourth-order valence-electron chi connectivity index (χ4n) is 2.31. The minimum absolute atomic E-state index is 0.249. The molecule has 1 unspecified atom stereocenters. The minimum atomic E-state index is -0.845. The Kier molecular flexibility index (Phi) is 2.95. The maximum atomic E-state index is 11.2. The molecule has 2 aliphatic rings. The van der Waals surface area contributed by atoms with Crippen LogP contribution in [0.25, 0.3) is 0 Å². The zero-order chi connectivity index (χ0) is 10.9. The van der Waals surface area contributed by atoms with Crippen molar-refractivity contribution in [2.24, 2.45) is 17.1 Å². The summed E-state index contributed by atoms with van der Waals surface area (Å²) in [5.41, 5.74) is 5.23. The predicted octanol–water partition coefficient (Wildman–Crippen LogP) is -0.159. The Morgan fingerprint density at radius 2 is 1.93 bits per heavy atom. The van der Waals surface area contributed by atoms with Gasteiger partial charge in [-0.25, -0.2) is 0 Å². The van der Waals surface area contributed by atoms with Gasteiger partial charge in [-0.3, -0.25) is 4.79 Å². The lowest BCUT2D eigenvalue weighted by Gasteiger charge is -2.45. The van der Waals surface area contributed by atoms with Crippen LogP contribution in [0.15, 0.2) is 0 Å². The summed E-state index contributed by atoms with van der Waals surface area (Å²) in [6, 6.07) is -0.312. The third kappa shape index (κ3) is 1.75. The van der Waals surface area contributed by atoms with Crippen LogP contribution in [0.5, 0.6) is 0 Å². The molecule has 0 amide bonds. The Morgan fingerprint density at radius 1 is 1.33 bits per heavy atom. The van der Waals surface area contributed by atoms with E-state index in [0.29, 0.717) is 13.2 Å². The van der Waals surface area contributed by atoms with E-state index < -0.39 is 11.4 Å². The van der Waals surface area contributed by atoms with Gasteiger partial charge in [-0.2, -0.15) is 0 Å². The van der Waals surface area contributed by atoms with Crippen LogP contribution in [0.4, 0.5) is 0 Å². The Morgan fingerprint density at radius 3 is 2.33 bits per heavy atom. The molecule has 86 valence electrons. The molecule has 0 aromatic carbocycles. The minimum Gasteiger partial charge on any atom is -0.481 e. The molecule has 2 fully saturated rings. The van der Waals surface area contributed by atoms with Gasteiger partial charge in [0.1, 0.15) is 5.41 Å². The first kappa shape index (κ1) is 10.9. The average molecular weight is 215 g/mol. The molecule has 5 nitrogen and oxygen atoms in total. The third-order valence-corrected chi connectivity index (χ3v) is 3.56. The first-order chi connectivity index (χ1) is 7.17. The number of hydrogen-bond donors (Lipinski definition) is 2. The van der Waals surface area contributed by atoms with Crippen molar-refractivity contribution in [3.8, 4) is 0 Å². The van der Waals surface area contributed by atoms with E-state index >= 15 is 0 Å². The van der Waals surface area contributed by atoms with Crippen molar-refractivity contribution in [3.05, 3.63) is 0 Å². The summed E-state index contributed by atoms with van der Waals surface area (Å²) in [5, 5.41) is 9.19. The SMILES string of the molecule is NC(C1CCOCC1)C1(C(=O)O)COC1. The summed E-state index contributed by atoms with van der Waals surface area (Å²) in [5.74, 6) is -0.577. The van der Waals surface area contributed by atoms with Crippen molar-refractivity contribution in [3.63, 3.8) is 0 Å². The van der Waals surface area contributed by atoms with Gasteiger partial charge in [0.2, 0.25) is 0 Å². The highest BCUT2D eigenvalue weighted by Crippen LogP contribution is 2.37. The molecule has 0 saturated carbocycles. The number of nitrogens with two attached hydrogens (primary N) is 1. The molecule has 3 N–H and O–H groups in total. The molecule has 15 heavy (non-hydrogen) atoms. The zero-order valence-electron chi connectivity index (χ0n) is 8.65. The molecule has 5 heteroatoms. The second-order valence-corrected chi connectivity index (χ2v) is 4.43. The summed E-state index contributed by atoms with van der Waals surface area (Å²) in [6.45, 7) is 1.88. The number of carboxylic acid groups (broad SMARTS) is 1. The van der Waals surface area contributed by atoms with E-state index in [9.17, 15) is 9.90 Å². The van der Waals surface area contributed by atoms with Crippen LogP contribution in [0.3, 0.4) is 0 Å². The molecule has 2 rings (SSSR count). The topological polar surface area (TPSA) is 81.8 Å². The molecule has 2 saturated heterocycles. The molecule has 0 radical (unpaired) electrons. The van der Waals surface area contributed by atoms with E-state index in [1.165, 1.54) is 0 Å². The quantitative estimate of drug-likeness (QED) is 0.683. The van der Waals surface area contributed by atoms with Crippen LogP contribution in [0.1, 0.15) is 12.8 Å². The van der Waals surface area contributed by atoms with Crippen molar-refractivity contribution in [2.45, 2.75) is 18.9 Å². The second kappa shape index (κ2) is 4.08. The Bertz CT molecular complexity index is 246. The molecule has 0 aromatic rings. The maximum Gasteiger partial charge on any atom is 0.315 e. The van der Waals surface area contributed by atoms with Crippen molar-refractivity contribution in [1.29, 1.82) is 0 Å². The van der Waals surface area contributed by atoms with E-state index in [4.69, 9.17) is 15.2 Å². The Hall–Kier alpha value is -0.650. The van der Waals surface area contributed by atoms with E-state index in [1.54, 1.807) is 0 Å². The highest BCUT2D eigenvalue weighted by atomic mass is 16.5. The first-order valence-electron chi connectivity index (χ1n) is 5.31. The lowest BCUT2D eigenvalue weighted by Crippen LogP contribution is -2.62. The largest absolute Gasteiger partial charge is 0.481 e. The lowest BCUT2D eigenvalue weighted by molar-refractivity contribution is -0.188. The van der Waals surface area contributed by atoms with Crippen LogP contribution in [0, 0.1) is 11.3 Å². The molecule has 0 aromatic heterocycles. The maximum absolute atomic E-state index is 11.2. The van der Waals surface area contributed by atoms with Gasteiger partial charge < -0.3 is 20.3 Å². The predicted molar refractivity (Wildman–Crippen MR) is 52.4 cm³/mol. The zero-order valence-corrected chi connectivity index (χ0v) is 8.65. The van der Waals surface area contributed by atoms with Crippen molar-refractivity contribution >= 4 is 5.97 Å². The standard InChI is InChI=1S/C10H17NO4/c11-8(7-1-3-14-4-2-7)10(9(12)13)5-15-6-10/h7-8H,1-6,11H2,(H,12,13). The number of rotatable bonds is 3. The van der Waals surface area contributed by atoms with E-state index in [0.717, 1.165) is 12.8 Å². The normalized spacial score (nSPS) is 28.1. The molecule has 0 aliphatic carbocycles. The van der Waals surface area contributed by atoms with Gasteiger partial charge in [-0.1, -0.05) is 0 Å². The fraction of sp³-hybridized carbons (Fsp3) is 0.900. The second-order valence-electron chi connectivity index (χ2n) is 4.43. The molecule has 2 aliphatic heterocycles. The average Bonchev–Trinajstić information content (AvgIpc) is 2.16. The highest BCUT2D eigenvalue weighted by molar-refractivity contribution is 5.77. The fourth-order valence-corrected chi connectivity index (χ4v) is 2.31. The van der Waals surface area contributed by atoms with Crippen LogP contribution < -0.4 is 5.73 Å². The Labute approximate surface area is 88.5 Å². The summed E-state index contributed by atoms with van der Waals surface area (Å²) in [7, 11) is 0. The van der Waals surface area contributed by atoms with Crippen LogP contribution >= 0.6 is 0 Å². The summed E-state index contributed by atoms with van der Waals surface area (Å²) in [4.78, 5) is 11.2. The molecular formula is C10H17NO4. The third-order valence-electron chi connectivity index (χ3n) is 3.56. The highest BCUT2D eigenvalue weighted by Gasteiger charge is 2.53. The van der Waals surface area contributed by atoms with E-state index in [-0.39, 0.29) is 25.2 Å². The molecule has 0 bridgehead atoms. The monoisotopic (exact) mass is 215 g/mol. The number of carboxylic acids is 1. The molecular weight excluding hydrogens is 198 g/mol. The van der Waals surface area contributed by atoms with Gasteiger partial charge in [0.15, 0.2) is 0 Å². The van der Waals surface area contributed by atoms with Gasteiger partial charge >= 0.3 is 5.97 Å². The number of aliphatic carboxylic acids is 1. The number of carbonyl (C=O) groups is 1.